The monoisotopic (exact) mass is 418 g/mol. The van der Waals surface area contributed by atoms with E-state index in [1.165, 1.54) is 11.0 Å². The molecule has 8 heteroatoms. The third-order valence-electron chi connectivity index (χ3n) is 6.69. The van der Waals surface area contributed by atoms with Crippen molar-refractivity contribution in [1.29, 1.82) is 5.26 Å². The zero-order valence-corrected chi connectivity index (χ0v) is 17.1. The zero-order chi connectivity index (χ0) is 21.8. The molecular formula is C22H28F2N4O2. The Morgan fingerprint density at radius 1 is 1.17 bits per heavy atom. The minimum absolute atomic E-state index is 0.00242. The molecule has 0 aromatic heterocycles. The van der Waals surface area contributed by atoms with E-state index in [0.29, 0.717) is 25.8 Å². The molecule has 0 spiro atoms. The Hall–Kier alpha value is -2.53. The van der Waals surface area contributed by atoms with Crippen LogP contribution >= 0.6 is 0 Å². The van der Waals surface area contributed by atoms with Crippen molar-refractivity contribution in [3.05, 3.63) is 35.4 Å². The lowest BCUT2D eigenvalue weighted by Crippen LogP contribution is -2.52. The minimum Gasteiger partial charge on any atom is -0.369 e. The first-order chi connectivity index (χ1) is 14.3. The smallest absolute Gasteiger partial charge is 0.224 e. The summed E-state index contributed by atoms with van der Waals surface area (Å²) in [5, 5.41) is 12.9. The highest BCUT2D eigenvalue weighted by Crippen LogP contribution is 2.40. The van der Waals surface area contributed by atoms with Crippen molar-refractivity contribution >= 4 is 11.8 Å². The second-order valence-corrected chi connectivity index (χ2v) is 8.46. The molecule has 162 valence electrons. The second kappa shape index (κ2) is 9.09. The maximum Gasteiger partial charge on any atom is 0.224 e. The summed E-state index contributed by atoms with van der Waals surface area (Å²) in [7, 11) is 0. The largest absolute Gasteiger partial charge is 0.369 e. The quantitative estimate of drug-likeness (QED) is 0.711. The van der Waals surface area contributed by atoms with E-state index in [4.69, 9.17) is 5.73 Å². The molecule has 3 N–H and O–H groups in total. The van der Waals surface area contributed by atoms with Gasteiger partial charge in [0.05, 0.1) is 12.6 Å². The van der Waals surface area contributed by atoms with Gasteiger partial charge >= 0.3 is 0 Å². The van der Waals surface area contributed by atoms with Crippen molar-refractivity contribution < 1.29 is 18.4 Å². The predicted octanol–water partition coefficient (Wildman–Crippen LogP) is 2.77. The van der Waals surface area contributed by atoms with Crippen LogP contribution in [0.1, 0.15) is 56.9 Å². The van der Waals surface area contributed by atoms with Crippen molar-refractivity contribution in [2.45, 2.75) is 63.5 Å². The fraction of sp³-hybridized carbons (Fsp3) is 0.591. The highest BCUT2D eigenvalue weighted by molar-refractivity contribution is 5.83. The molecule has 6 nitrogen and oxygen atoms in total. The van der Waals surface area contributed by atoms with Crippen molar-refractivity contribution in [3.63, 3.8) is 0 Å². The Morgan fingerprint density at radius 3 is 2.37 bits per heavy atom. The number of hydrogen-bond acceptors (Lipinski definition) is 4. The number of primary amides is 1. The van der Waals surface area contributed by atoms with Crippen LogP contribution in [0.15, 0.2) is 18.2 Å². The molecular weight excluding hydrogens is 390 g/mol. The maximum absolute atomic E-state index is 14.3. The number of amides is 2. The first-order valence-electron chi connectivity index (χ1n) is 10.5. The summed E-state index contributed by atoms with van der Waals surface area (Å²) in [6, 6.07) is 5.73. The molecule has 1 saturated heterocycles. The van der Waals surface area contributed by atoms with Gasteiger partial charge in [0.25, 0.3) is 0 Å². The number of nitrogens with zero attached hydrogens (tertiary/aromatic N) is 2. The molecule has 1 heterocycles. The van der Waals surface area contributed by atoms with Crippen LogP contribution in [-0.2, 0) is 16.1 Å². The van der Waals surface area contributed by atoms with E-state index < -0.39 is 34.4 Å². The summed E-state index contributed by atoms with van der Waals surface area (Å²) in [4.78, 5) is 26.7. The van der Waals surface area contributed by atoms with Crippen LogP contribution in [-0.4, -0.2) is 35.3 Å². The normalized spacial score (nSPS) is 23.0. The molecule has 1 saturated carbocycles. The van der Waals surface area contributed by atoms with Crippen LogP contribution in [0.3, 0.4) is 0 Å². The molecule has 1 atom stereocenters. The number of halogens is 2. The van der Waals surface area contributed by atoms with Gasteiger partial charge in [0.15, 0.2) is 0 Å². The molecule has 30 heavy (non-hydrogen) atoms. The number of carbonyl (C=O) groups is 2. The Labute approximate surface area is 175 Å². The van der Waals surface area contributed by atoms with Crippen molar-refractivity contribution in [2.75, 3.05) is 13.1 Å². The Kier molecular flexibility index (Phi) is 6.71. The zero-order valence-electron chi connectivity index (χ0n) is 17.1. The Balaban J connectivity index is 1.85. The van der Waals surface area contributed by atoms with Crippen molar-refractivity contribution in [3.8, 4) is 6.07 Å². The average Bonchev–Trinajstić information content (AvgIpc) is 3.22. The van der Waals surface area contributed by atoms with E-state index >= 15 is 0 Å². The lowest BCUT2D eigenvalue weighted by Gasteiger charge is -2.38. The van der Waals surface area contributed by atoms with E-state index in [2.05, 4.69) is 11.4 Å². The number of carbonyl (C=O) groups excluding carboxylic acids is 2. The lowest BCUT2D eigenvalue weighted by atomic mass is 9.70. The standard InChI is InChI=1S/C22H28F2N4O2/c23-17-5-4-6-18(24)16(17)13-28(22(14-25)11-12-27-15-22)19(29)7-10-21(20(26)30)8-2-1-3-9-21/h4-6,27H,1-3,7-13,15H2,(H2,26,30). The van der Waals surface area contributed by atoms with E-state index in [0.717, 1.165) is 31.4 Å². The second-order valence-electron chi connectivity index (χ2n) is 8.46. The van der Waals surface area contributed by atoms with Crippen LogP contribution in [0, 0.1) is 28.4 Å². The summed E-state index contributed by atoms with van der Waals surface area (Å²) in [6.45, 7) is 0.421. The highest BCUT2D eigenvalue weighted by atomic mass is 19.1. The third-order valence-corrected chi connectivity index (χ3v) is 6.69. The number of nitrogens with two attached hydrogens (primary N) is 1. The van der Waals surface area contributed by atoms with Crippen molar-refractivity contribution in [2.24, 2.45) is 11.1 Å². The third kappa shape index (κ3) is 4.31. The van der Waals surface area contributed by atoms with Crippen LogP contribution in [0.2, 0.25) is 0 Å². The number of nitrogens with one attached hydrogen (secondary N) is 1. The van der Waals surface area contributed by atoms with Gasteiger partial charge in [-0.2, -0.15) is 5.26 Å². The Bertz CT molecular complexity index is 820. The van der Waals surface area contributed by atoms with Crippen LogP contribution in [0.25, 0.3) is 0 Å². The van der Waals surface area contributed by atoms with Gasteiger partial charge in [-0.05, 0) is 44.4 Å². The average molecular weight is 418 g/mol. The molecule has 1 aromatic carbocycles. The molecule has 3 rings (SSSR count). The summed E-state index contributed by atoms with van der Waals surface area (Å²) in [5.41, 5.74) is 3.53. The molecule has 2 aliphatic rings. The first kappa shape index (κ1) is 22.2. The van der Waals surface area contributed by atoms with E-state index in [1.54, 1.807) is 0 Å². The number of rotatable bonds is 7. The minimum atomic E-state index is -1.18. The topological polar surface area (TPSA) is 99.2 Å². The molecule has 2 amide bonds. The van der Waals surface area contributed by atoms with Gasteiger partial charge in [-0.3, -0.25) is 9.59 Å². The molecule has 1 aliphatic heterocycles. The summed E-state index contributed by atoms with van der Waals surface area (Å²) >= 11 is 0. The molecule has 1 unspecified atom stereocenters. The number of nitriles is 1. The highest BCUT2D eigenvalue weighted by Gasteiger charge is 2.44. The van der Waals surface area contributed by atoms with Crippen LogP contribution in [0.5, 0.6) is 0 Å². The van der Waals surface area contributed by atoms with Gasteiger partial charge in [0.2, 0.25) is 11.8 Å². The van der Waals surface area contributed by atoms with E-state index in [-0.39, 0.29) is 31.5 Å². The first-order valence-corrected chi connectivity index (χ1v) is 10.5. The molecule has 1 aliphatic carbocycles. The van der Waals surface area contributed by atoms with Gasteiger partial charge in [0, 0.05) is 23.9 Å². The molecule has 2 fully saturated rings. The van der Waals surface area contributed by atoms with Gasteiger partial charge < -0.3 is 16.0 Å². The van der Waals surface area contributed by atoms with E-state index in [9.17, 15) is 23.6 Å². The lowest BCUT2D eigenvalue weighted by molar-refractivity contribution is -0.138. The SMILES string of the molecule is N#CC1(N(Cc2c(F)cccc2F)C(=O)CCC2(C(N)=O)CCCCC2)CCNC1. The van der Waals surface area contributed by atoms with Gasteiger partial charge in [-0.25, -0.2) is 8.78 Å². The summed E-state index contributed by atoms with van der Waals surface area (Å²) < 4.78 is 28.6. The summed E-state index contributed by atoms with van der Waals surface area (Å²) in [6.07, 6.45) is 4.73. The van der Waals surface area contributed by atoms with Gasteiger partial charge in [0.1, 0.15) is 17.2 Å². The molecule has 0 bridgehead atoms. The molecule has 1 aromatic rings. The molecule has 0 radical (unpaired) electrons. The fourth-order valence-electron chi connectivity index (χ4n) is 4.71. The van der Waals surface area contributed by atoms with Crippen LogP contribution < -0.4 is 11.1 Å². The van der Waals surface area contributed by atoms with Crippen molar-refractivity contribution in [1.82, 2.24) is 10.2 Å². The number of hydrogen-bond donors (Lipinski definition) is 2. The van der Waals surface area contributed by atoms with Gasteiger partial charge in [-0.1, -0.05) is 25.3 Å². The van der Waals surface area contributed by atoms with E-state index in [1.807, 2.05) is 0 Å². The Morgan fingerprint density at radius 2 is 1.83 bits per heavy atom. The predicted molar refractivity (Wildman–Crippen MR) is 107 cm³/mol. The van der Waals surface area contributed by atoms with Crippen LogP contribution in [0.4, 0.5) is 8.78 Å². The van der Waals surface area contributed by atoms with Gasteiger partial charge in [-0.15, -0.1) is 0 Å². The summed E-state index contributed by atoms with van der Waals surface area (Å²) in [5.74, 6) is -2.31. The number of benzene rings is 1. The fourth-order valence-corrected chi connectivity index (χ4v) is 4.71. The maximum atomic E-state index is 14.3.